The average Bonchev–Trinajstić information content (AvgIpc) is 2.39. The van der Waals surface area contributed by atoms with Crippen LogP contribution in [0.2, 0.25) is 5.02 Å². The molecule has 0 aliphatic carbocycles. The van der Waals surface area contributed by atoms with E-state index < -0.39 is 29.0 Å². The molecular formula is C13H8ClF3N2O. The summed E-state index contributed by atoms with van der Waals surface area (Å²) in [6.45, 7) is 0. The summed E-state index contributed by atoms with van der Waals surface area (Å²) in [5, 5.41) is 2.26. The second kappa shape index (κ2) is 5.42. The summed E-state index contributed by atoms with van der Waals surface area (Å²) < 4.78 is 39.2. The molecule has 0 aliphatic heterocycles. The molecule has 7 heteroatoms. The maximum absolute atomic E-state index is 13.4. The SMILES string of the molecule is Nc1c(Cl)cccc1C(=O)Nc1cc(F)c(F)cc1F. The summed E-state index contributed by atoms with van der Waals surface area (Å²) in [4.78, 5) is 11.9. The number of hydrogen-bond acceptors (Lipinski definition) is 2. The van der Waals surface area contributed by atoms with Gasteiger partial charge in [0.25, 0.3) is 5.91 Å². The normalized spacial score (nSPS) is 10.4. The van der Waals surface area contributed by atoms with Crippen LogP contribution in [-0.2, 0) is 0 Å². The molecule has 2 aromatic carbocycles. The summed E-state index contributed by atoms with van der Waals surface area (Å²) in [7, 11) is 0. The third kappa shape index (κ3) is 2.70. The third-order valence-corrected chi connectivity index (χ3v) is 2.89. The summed E-state index contributed by atoms with van der Waals surface area (Å²) in [6.07, 6.45) is 0. The first kappa shape index (κ1) is 14.2. The van der Waals surface area contributed by atoms with Gasteiger partial charge in [-0.15, -0.1) is 0 Å². The van der Waals surface area contributed by atoms with Crippen molar-refractivity contribution >= 4 is 28.9 Å². The fraction of sp³-hybridized carbons (Fsp3) is 0. The van der Waals surface area contributed by atoms with E-state index in [1.165, 1.54) is 18.2 Å². The molecule has 3 N–H and O–H groups in total. The van der Waals surface area contributed by atoms with E-state index in [2.05, 4.69) is 5.32 Å². The van der Waals surface area contributed by atoms with Crippen LogP contribution in [0.3, 0.4) is 0 Å². The van der Waals surface area contributed by atoms with Gasteiger partial charge in [-0.1, -0.05) is 17.7 Å². The molecule has 0 heterocycles. The van der Waals surface area contributed by atoms with Crippen molar-refractivity contribution < 1.29 is 18.0 Å². The number of nitrogens with two attached hydrogens (primary N) is 1. The quantitative estimate of drug-likeness (QED) is 0.658. The molecule has 0 atom stereocenters. The number of benzene rings is 2. The Hall–Kier alpha value is -2.21. The van der Waals surface area contributed by atoms with Crippen LogP contribution in [0.1, 0.15) is 10.4 Å². The van der Waals surface area contributed by atoms with Crippen LogP contribution in [0.15, 0.2) is 30.3 Å². The molecule has 0 bridgehead atoms. The van der Waals surface area contributed by atoms with Crippen LogP contribution in [-0.4, -0.2) is 5.91 Å². The number of para-hydroxylation sites is 1. The highest BCUT2D eigenvalue weighted by molar-refractivity contribution is 6.34. The average molecular weight is 301 g/mol. The van der Waals surface area contributed by atoms with Crippen LogP contribution in [0.4, 0.5) is 24.5 Å². The second-order valence-corrected chi connectivity index (χ2v) is 4.31. The molecule has 0 saturated carbocycles. The number of carbonyl (C=O) groups is 1. The highest BCUT2D eigenvalue weighted by Gasteiger charge is 2.16. The summed E-state index contributed by atoms with van der Waals surface area (Å²) in [5.74, 6) is -4.50. The van der Waals surface area contributed by atoms with Gasteiger partial charge < -0.3 is 11.1 Å². The lowest BCUT2D eigenvalue weighted by Gasteiger charge is -2.09. The van der Waals surface area contributed by atoms with E-state index in [0.717, 1.165) is 0 Å². The molecule has 2 aromatic rings. The molecule has 0 fully saturated rings. The van der Waals surface area contributed by atoms with Gasteiger partial charge in [0.05, 0.1) is 22.0 Å². The van der Waals surface area contributed by atoms with Crippen molar-refractivity contribution in [3.63, 3.8) is 0 Å². The molecule has 0 aromatic heterocycles. The van der Waals surface area contributed by atoms with E-state index in [1.54, 1.807) is 0 Å². The Balaban J connectivity index is 2.33. The lowest BCUT2D eigenvalue weighted by atomic mass is 10.1. The summed E-state index contributed by atoms with van der Waals surface area (Å²) in [5.41, 5.74) is 5.13. The first-order chi connectivity index (χ1) is 9.40. The maximum atomic E-state index is 13.4. The van der Waals surface area contributed by atoms with Gasteiger partial charge in [-0.3, -0.25) is 4.79 Å². The van der Waals surface area contributed by atoms with Crippen molar-refractivity contribution in [2.24, 2.45) is 0 Å². The Morgan fingerprint density at radius 2 is 1.75 bits per heavy atom. The predicted octanol–water partition coefficient (Wildman–Crippen LogP) is 3.59. The molecule has 0 unspecified atom stereocenters. The first-order valence-corrected chi connectivity index (χ1v) is 5.78. The molecule has 3 nitrogen and oxygen atoms in total. The van der Waals surface area contributed by atoms with Crippen molar-refractivity contribution in [2.75, 3.05) is 11.1 Å². The number of amides is 1. The molecule has 0 aliphatic rings. The number of halogens is 4. The minimum absolute atomic E-state index is 0.00151. The van der Waals surface area contributed by atoms with Crippen molar-refractivity contribution in [3.8, 4) is 0 Å². The molecule has 0 radical (unpaired) electrons. The summed E-state index contributed by atoms with van der Waals surface area (Å²) in [6, 6.07) is 5.21. The Morgan fingerprint density at radius 3 is 2.45 bits per heavy atom. The number of hydrogen-bond donors (Lipinski definition) is 2. The van der Waals surface area contributed by atoms with Gasteiger partial charge in [0.2, 0.25) is 0 Å². The molecule has 20 heavy (non-hydrogen) atoms. The van der Waals surface area contributed by atoms with E-state index >= 15 is 0 Å². The van der Waals surface area contributed by atoms with Crippen molar-refractivity contribution in [1.29, 1.82) is 0 Å². The third-order valence-electron chi connectivity index (χ3n) is 2.56. The molecule has 2 rings (SSSR count). The van der Waals surface area contributed by atoms with E-state index in [4.69, 9.17) is 17.3 Å². The molecule has 0 spiro atoms. The van der Waals surface area contributed by atoms with E-state index in [-0.39, 0.29) is 16.3 Å². The van der Waals surface area contributed by atoms with Crippen LogP contribution in [0, 0.1) is 17.5 Å². The lowest BCUT2D eigenvalue weighted by Crippen LogP contribution is -2.15. The van der Waals surface area contributed by atoms with Gasteiger partial charge in [0.1, 0.15) is 5.82 Å². The van der Waals surface area contributed by atoms with Gasteiger partial charge in [-0.25, -0.2) is 13.2 Å². The Labute approximate surface area is 117 Å². The van der Waals surface area contributed by atoms with Crippen molar-refractivity contribution in [1.82, 2.24) is 0 Å². The largest absolute Gasteiger partial charge is 0.397 e. The first-order valence-electron chi connectivity index (χ1n) is 5.40. The maximum Gasteiger partial charge on any atom is 0.257 e. The Morgan fingerprint density at radius 1 is 1.10 bits per heavy atom. The van der Waals surface area contributed by atoms with E-state index in [9.17, 15) is 18.0 Å². The van der Waals surface area contributed by atoms with Crippen LogP contribution >= 0.6 is 11.6 Å². The monoisotopic (exact) mass is 300 g/mol. The molecule has 0 saturated heterocycles. The number of rotatable bonds is 2. The van der Waals surface area contributed by atoms with Crippen LogP contribution < -0.4 is 11.1 Å². The van der Waals surface area contributed by atoms with Gasteiger partial charge in [0.15, 0.2) is 11.6 Å². The Bertz CT molecular complexity index is 692. The highest BCUT2D eigenvalue weighted by Crippen LogP contribution is 2.24. The van der Waals surface area contributed by atoms with Crippen LogP contribution in [0.25, 0.3) is 0 Å². The smallest absolute Gasteiger partial charge is 0.257 e. The standard InChI is InChI=1S/C13H8ClF3N2O/c14-7-3-1-2-6(12(7)18)13(20)19-11-5-9(16)8(15)4-10(11)17/h1-5H,18H2,(H,19,20). The topological polar surface area (TPSA) is 55.1 Å². The minimum Gasteiger partial charge on any atom is -0.397 e. The number of anilines is 2. The van der Waals surface area contributed by atoms with Gasteiger partial charge >= 0.3 is 0 Å². The van der Waals surface area contributed by atoms with Gasteiger partial charge in [-0.2, -0.15) is 0 Å². The van der Waals surface area contributed by atoms with Gasteiger partial charge in [0, 0.05) is 12.1 Å². The fourth-order valence-electron chi connectivity index (χ4n) is 1.54. The lowest BCUT2D eigenvalue weighted by molar-refractivity contribution is 0.102. The van der Waals surface area contributed by atoms with Gasteiger partial charge in [-0.05, 0) is 12.1 Å². The molecule has 1 amide bonds. The molecular weight excluding hydrogens is 293 g/mol. The zero-order valence-corrected chi connectivity index (χ0v) is 10.6. The predicted molar refractivity (Wildman–Crippen MR) is 70.1 cm³/mol. The van der Waals surface area contributed by atoms with Crippen molar-refractivity contribution in [3.05, 3.63) is 58.4 Å². The minimum atomic E-state index is -1.34. The van der Waals surface area contributed by atoms with E-state index in [1.807, 2.05) is 0 Å². The van der Waals surface area contributed by atoms with E-state index in [0.29, 0.717) is 12.1 Å². The highest BCUT2D eigenvalue weighted by atomic mass is 35.5. The summed E-state index contributed by atoms with van der Waals surface area (Å²) >= 11 is 5.75. The number of nitrogens with one attached hydrogen (secondary N) is 1. The second-order valence-electron chi connectivity index (χ2n) is 3.90. The zero-order chi connectivity index (χ0) is 14.9. The Kier molecular flexibility index (Phi) is 3.85. The molecule has 104 valence electrons. The van der Waals surface area contributed by atoms with Crippen LogP contribution in [0.5, 0.6) is 0 Å². The number of nitrogen functional groups attached to an aromatic ring is 1. The fourth-order valence-corrected chi connectivity index (χ4v) is 1.72. The zero-order valence-electron chi connectivity index (χ0n) is 9.88. The number of carbonyl (C=O) groups excluding carboxylic acids is 1. The van der Waals surface area contributed by atoms with Crippen molar-refractivity contribution in [2.45, 2.75) is 0 Å².